The third-order valence-corrected chi connectivity index (χ3v) is 2.87. The lowest BCUT2D eigenvalue weighted by atomic mass is 10.1. The van der Waals surface area contributed by atoms with Gasteiger partial charge in [0.1, 0.15) is 13.3 Å². The summed E-state index contributed by atoms with van der Waals surface area (Å²) in [7, 11) is 0. The van der Waals surface area contributed by atoms with Crippen LogP contribution in [0.3, 0.4) is 0 Å². The minimum Gasteiger partial charge on any atom is -0.481 e. The maximum absolute atomic E-state index is 12.4. The first-order valence-electron chi connectivity index (χ1n) is 6.35. The molecule has 0 fully saturated rings. The zero-order valence-electron chi connectivity index (χ0n) is 10.8. The summed E-state index contributed by atoms with van der Waals surface area (Å²) >= 11 is 0. The summed E-state index contributed by atoms with van der Waals surface area (Å²) in [6.07, 6.45) is 1.43. The summed E-state index contributed by atoms with van der Waals surface area (Å²) in [4.78, 5) is 12.1. The summed E-state index contributed by atoms with van der Waals surface area (Å²) in [5, 5.41) is 8.55. The molecule has 3 nitrogen and oxygen atoms in total. The number of anilines is 1. The lowest BCUT2D eigenvalue weighted by Gasteiger charge is -2.22. The molecule has 0 unspecified atom stereocenters. The van der Waals surface area contributed by atoms with Gasteiger partial charge in [-0.25, -0.2) is 8.78 Å². The van der Waals surface area contributed by atoms with Crippen LogP contribution in [-0.2, 0) is 11.2 Å². The van der Waals surface area contributed by atoms with E-state index >= 15 is 0 Å². The van der Waals surface area contributed by atoms with Gasteiger partial charge < -0.3 is 10.0 Å². The summed E-state index contributed by atoms with van der Waals surface area (Å²) in [5.41, 5.74) is 1.82. The Hall–Kier alpha value is -1.65. The first kappa shape index (κ1) is 15.4. The maximum Gasteiger partial charge on any atom is 0.303 e. The van der Waals surface area contributed by atoms with Gasteiger partial charge in [-0.3, -0.25) is 4.79 Å². The van der Waals surface area contributed by atoms with Gasteiger partial charge in [-0.15, -0.1) is 0 Å². The molecular weight excluding hydrogens is 252 g/mol. The van der Waals surface area contributed by atoms with Crippen molar-refractivity contribution in [2.75, 3.05) is 31.3 Å². The molecule has 5 heteroatoms. The van der Waals surface area contributed by atoms with Gasteiger partial charge >= 0.3 is 5.97 Å². The van der Waals surface area contributed by atoms with Crippen molar-refractivity contribution in [2.45, 2.75) is 19.3 Å². The van der Waals surface area contributed by atoms with Gasteiger partial charge in [0.15, 0.2) is 0 Å². The molecular formula is C14H19F2NO2. The Morgan fingerprint density at radius 2 is 1.68 bits per heavy atom. The van der Waals surface area contributed by atoms with Crippen molar-refractivity contribution in [3.05, 3.63) is 29.8 Å². The highest BCUT2D eigenvalue weighted by molar-refractivity contribution is 5.66. The summed E-state index contributed by atoms with van der Waals surface area (Å²) in [6, 6.07) is 7.39. The lowest BCUT2D eigenvalue weighted by Crippen LogP contribution is -2.27. The van der Waals surface area contributed by atoms with Gasteiger partial charge in [-0.05, 0) is 30.5 Å². The number of alkyl halides is 2. The molecule has 0 atom stereocenters. The van der Waals surface area contributed by atoms with Crippen LogP contribution in [0.2, 0.25) is 0 Å². The van der Waals surface area contributed by atoms with E-state index in [1.165, 1.54) is 0 Å². The molecule has 1 N–H and O–H groups in total. The minimum atomic E-state index is -0.798. The molecule has 19 heavy (non-hydrogen) atoms. The molecule has 0 bridgehead atoms. The number of nitrogens with zero attached hydrogens (tertiary/aromatic N) is 1. The van der Waals surface area contributed by atoms with E-state index in [9.17, 15) is 13.6 Å². The molecule has 0 amide bonds. The number of benzene rings is 1. The number of rotatable bonds is 9. The first-order valence-corrected chi connectivity index (χ1v) is 6.35. The topological polar surface area (TPSA) is 40.5 Å². The summed E-state index contributed by atoms with van der Waals surface area (Å²) < 4.78 is 24.7. The van der Waals surface area contributed by atoms with Crippen LogP contribution in [0.25, 0.3) is 0 Å². The number of carboxylic acid groups (broad SMARTS) is 1. The molecule has 0 heterocycles. The maximum atomic E-state index is 12.4. The zero-order chi connectivity index (χ0) is 14.1. The largest absolute Gasteiger partial charge is 0.481 e. The second-order valence-corrected chi connectivity index (χ2v) is 4.28. The molecule has 106 valence electrons. The molecule has 0 saturated carbocycles. The van der Waals surface area contributed by atoms with E-state index in [1.807, 2.05) is 24.3 Å². The second-order valence-electron chi connectivity index (χ2n) is 4.28. The number of halogens is 2. The van der Waals surface area contributed by atoms with Gasteiger partial charge in [0.25, 0.3) is 0 Å². The van der Waals surface area contributed by atoms with Crippen molar-refractivity contribution in [3.63, 3.8) is 0 Å². The van der Waals surface area contributed by atoms with Gasteiger partial charge in [0.05, 0.1) is 0 Å². The standard InChI is InChI=1S/C14H19F2NO2/c15-8-10-17(11-9-16)13-6-4-12(5-7-13)2-1-3-14(18)19/h4-7H,1-3,8-11H2,(H,18,19). The average molecular weight is 271 g/mol. The third-order valence-electron chi connectivity index (χ3n) is 2.87. The van der Waals surface area contributed by atoms with Crippen LogP contribution in [0.1, 0.15) is 18.4 Å². The Morgan fingerprint density at radius 1 is 1.11 bits per heavy atom. The first-order chi connectivity index (χ1) is 9.17. The number of aliphatic carboxylic acids is 1. The van der Waals surface area contributed by atoms with Crippen LogP contribution in [-0.4, -0.2) is 37.5 Å². The number of hydrogen-bond acceptors (Lipinski definition) is 2. The Morgan fingerprint density at radius 3 is 2.16 bits per heavy atom. The van der Waals surface area contributed by atoms with Crippen LogP contribution < -0.4 is 4.90 Å². The fourth-order valence-electron chi connectivity index (χ4n) is 1.89. The number of aryl methyl sites for hydroxylation is 1. The fourth-order valence-corrected chi connectivity index (χ4v) is 1.89. The van der Waals surface area contributed by atoms with Crippen LogP contribution in [0, 0.1) is 0 Å². The molecule has 1 rings (SSSR count). The molecule has 1 aromatic rings. The number of carboxylic acids is 1. The molecule has 0 aliphatic heterocycles. The van der Waals surface area contributed by atoms with Crippen molar-refractivity contribution in [1.29, 1.82) is 0 Å². The lowest BCUT2D eigenvalue weighted by molar-refractivity contribution is -0.137. The van der Waals surface area contributed by atoms with Crippen molar-refractivity contribution >= 4 is 11.7 Å². The van der Waals surface area contributed by atoms with Gasteiger partial charge in [0, 0.05) is 25.2 Å². The Kier molecular flexibility index (Phi) is 6.85. The summed E-state index contributed by atoms with van der Waals surface area (Å²) in [6.45, 7) is -0.661. The average Bonchev–Trinajstić information content (AvgIpc) is 2.39. The molecule has 0 saturated heterocycles. The highest BCUT2D eigenvalue weighted by Gasteiger charge is 2.06. The van der Waals surface area contributed by atoms with Crippen molar-refractivity contribution in [1.82, 2.24) is 0 Å². The molecule has 0 radical (unpaired) electrons. The van der Waals surface area contributed by atoms with Crippen molar-refractivity contribution < 1.29 is 18.7 Å². The van der Waals surface area contributed by atoms with Crippen molar-refractivity contribution in [2.24, 2.45) is 0 Å². The fraction of sp³-hybridized carbons (Fsp3) is 0.500. The van der Waals surface area contributed by atoms with E-state index < -0.39 is 19.3 Å². The molecule has 0 aliphatic carbocycles. The van der Waals surface area contributed by atoms with Crippen LogP contribution in [0.15, 0.2) is 24.3 Å². The van der Waals surface area contributed by atoms with Gasteiger partial charge in [-0.2, -0.15) is 0 Å². The van der Waals surface area contributed by atoms with E-state index in [2.05, 4.69) is 0 Å². The van der Waals surface area contributed by atoms with Crippen LogP contribution in [0.5, 0.6) is 0 Å². The van der Waals surface area contributed by atoms with E-state index in [4.69, 9.17) is 5.11 Å². The normalized spacial score (nSPS) is 10.4. The predicted molar refractivity (Wildman–Crippen MR) is 71.2 cm³/mol. The smallest absolute Gasteiger partial charge is 0.303 e. The molecule has 0 spiro atoms. The highest BCUT2D eigenvalue weighted by atomic mass is 19.1. The Balaban J connectivity index is 2.55. The second kappa shape index (κ2) is 8.45. The van der Waals surface area contributed by atoms with E-state index in [0.717, 1.165) is 11.3 Å². The van der Waals surface area contributed by atoms with E-state index in [1.54, 1.807) is 4.90 Å². The molecule has 1 aromatic carbocycles. The predicted octanol–water partition coefficient (Wildman–Crippen LogP) is 2.84. The van der Waals surface area contributed by atoms with Crippen LogP contribution in [0.4, 0.5) is 14.5 Å². The minimum absolute atomic E-state index is 0.150. The Labute approximate surface area is 111 Å². The van der Waals surface area contributed by atoms with E-state index in [-0.39, 0.29) is 19.5 Å². The number of carbonyl (C=O) groups is 1. The quantitative estimate of drug-likeness (QED) is 0.750. The van der Waals surface area contributed by atoms with Crippen molar-refractivity contribution in [3.8, 4) is 0 Å². The monoisotopic (exact) mass is 271 g/mol. The van der Waals surface area contributed by atoms with Gasteiger partial charge in [0.2, 0.25) is 0 Å². The number of hydrogen-bond donors (Lipinski definition) is 1. The Bertz CT molecular complexity index is 376. The van der Waals surface area contributed by atoms with E-state index in [0.29, 0.717) is 12.8 Å². The van der Waals surface area contributed by atoms with Crippen LogP contribution >= 0.6 is 0 Å². The third kappa shape index (κ3) is 5.68. The molecule has 0 aliphatic rings. The highest BCUT2D eigenvalue weighted by Crippen LogP contribution is 2.16. The SMILES string of the molecule is O=C(O)CCCc1ccc(N(CCF)CCF)cc1. The molecule has 0 aromatic heterocycles. The van der Waals surface area contributed by atoms with Gasteiger partial charge in [-0.1, -0.05) is 12.1 Å². The zero-order valence-corrected chi connectivity index (χ0v) is 10.8. The summed E-state index contributed by atoms with van der Waals surface area (Å²) in [5.74, 6) is -0.798.